The summed E-state index contributed by atoms with van der Waals surface area (Å²) in [4.78, 5) is 16.9. The summed E-state index contributed by atoms with van der Waals surface area (Å²) in [6.45, 7) is 6.55. The number of hydrogen-bond donors (Lipinski definition) is 0. The number of aryl methyl sites for hydroxylation is 1. The first-order valence-corrected chi connectivity index (χ1v) is 9.47. The number of rotatable bonds is 5. The number of amides is 1. The van der Waals surface area contributed by atoms with Crippen molar-refractivity contribution in [3.63, 3.8) is 0 Å². The van der Waals surface area contributed by atoms with Gasteiger partial charge in [0.15, 0.2) is 6.10 Å². The van der Waals surface area contributed by atoms with Crippen LogP contribution in [-0.2, 0) is 4.79 Å². The van der Waals surface area contributed by atoms with Gasteiger partial charge >= 0.3 is 0 Å². The number of ether oxygens (including phenoxy) is 2. The molecule has 0 N–H and O–H groups in total. The Morgan fingerprint density at radius 2 is 1.81 bits per heavy atom. The van der Waals surface area contributed by atoms with Crippen molar-refractivity contribution in [3.8, 4) is 11.5 Å². The van der Waals surface area contributed by atoms with Crippen LogP contribution in [0.5, 0.6) is 11.5 Å². The molecule has 1 saturated heterocycles. The Labute approximate surface area is 165 Å². The predicted octanol–water partition coefficient (Wildman–Crippen LogP) is 3.77. The Bertz CT molecular complexity index is 804. The number of carbonyl (C=O) groups excluding carboxylic acids is 1. The molecule has 1 aliphatic rings. The van der Waals surface area contributed by atoms with Gasteiger partial charge in [0.05, 0.1) is 12.8 Å². The lowest BCUT2D eigenvalue weighted by Gasteiger charge is -2.37. The first kappa shape index (κ1) is 19.4. The third kappa shape index (κ3) is 4.48. The minimum atomic E-state index is -0.539. The van der Waals surface area contributed by atoms with Crippen molar-refractivity contribution in [3.05, 3.63) is 53.1 Å². The monoisotopic (exact) mass is 388 g/mol. The number of para-hydroxylation sites is 2. The summed E-state index contributed by atoms with van der Waals surface area (Å²) < 4.78 is 11.3. The van der Waals surface area contributed by atoms with E-state index in [4.69, 9.17) is 21.1 Å². The average Bonchev–Trinajstić information content (AvgIpc) is 2.70. The zero-order chi connectivity index (χ0) is 19.4. The van der Waals surface area contributed by atoms with Crippen molar-refractivity contribution in [2.24, 2.45) is 0 Å². The van der Waals surface area contributed by atoms with Crippen molar-refractivity contribution in [2.75, 3.05) is 38.2 Å². The molecule has 0 bridgehead atoms. The standard InChI is InChI=1S/C21H25ClN2O3/c1-15-14-17(8-9-18(15)22)27-16(2)21(25)24-12-10-23(11-13-24)19-6-4-5-7-20(19)26-3/h4-9,14,16H,10-13H2,1-3H3/t16-/m1/s1. The van der Waals surface area contributed by atoms with Crippen molar-refractivity contribution in [1.29, 1.82) is 0 Å². The van der Waals surface area contributed by atoms with Gasteiger partial charge in [-0.25, -0.2) is 0 Å². The Balaban J connectivity index is 1.58. The highest BCUT2D eigenvalue weighted by Gasteiger charge is 2.27. The molecule has 0 spiro atoms. The zero-order valence-electron chi connectivity index (χ0n) is 15.9. The molecule has 1 aliphatic heterocycles. The minimum Gasteiger partial charge on any atom is -0.495 e. The summed E-state index contributed by atoms with van der Waals surface area (Å²) in [5.74, 6) is 1.51. The molecule has 0 saturated carbocycles. The van der Waals surface area contributed by atoms with Crippen LogP contribution in [-0.4, -0.2) is 50.2 Å². The second-order valence-corrected chi connectivity index (χ2v) is 7.06. The molecule has 0 unspecified atom stereocenters. The Morgan fingerprint density at radius 3 is 2.48 bits per heavy atom. The normalized spacial score (nSPS) is 15.4. The van der Waals surface area contributed by atoms with Crippen LogP contribution >= 0.6 is 11.6 Å². The van der Waals surface area contributed by atoms with Gasteiger partial charge < -0.3 is 19.3 Å². The maximum absolute atomic E-state index is 12.8. The fourth-order valence-corrected chi connectivity index (χ4v) is 3.38. The molecule has 27 heavy (non-hydrogen) atoms. The third-order valence-corrected chi connectivity index (χ3v) is 5.23. The van der Waals surface area contributed by atoms with Gasteiger partial charge in [-0.2, -0.15) is 0 Å². The molecule has 1 heterocycles. The van der Waals surface area contributed by atoms with Gasteiger partial charge in [0.2, 0.25) is 0 Å². The topological polar surface area (TPSA) is 42.0 Å². The first-order chi connectivity index (χ1) is 13.0. The summed E-state index contributed by atoms with van der Waals surface area (Å²) >= 11 is 6.04. The summed E-state index contributed by atoms with van der Waals surface area (Å²) in [7, 11) is 1.68. The van der Waals surface area contributed by atoms with E-state index in [9.17, 15) is 4.79 Å². The Morgan fingerprint density at radius 1 is 1.11 bits per heavy atom. The first-order valence-electron chi connectivity index (χ1n) is 9.09. The van der Waals surface area contributed by atoms with E-state index in [1.165, 1.54) is 0 Å². The fourth-order valence-electron chi connectivity index (χ4n) is 3.26. The van der Waals surface area contributed by atoms with Crippen LogP contribution < -0.4 is 14.4 Å². The number of benzene rings is 2. The number of piperazine rings is 1. The van der Waals surface area contributed by atoms with Crippen molar-refractivity contribution in [1.82, 2.24) is 4.90 Å². The molecule has 3 rings (SSSR count). The smallest absolute Gasteiger partial charge is 0.263 e. The zero-order valence-corrected chi connectivity index (χ0v) is 16.7. The van der Waals surface area contributed by atoms with E-state index in [1.807, 2.05) is 42.2 Å². The molecule has 1 atom stereocenters. The molecule has 2 aromatic rings. The van der Waals surface area contributed by atoms with E-state index in [-0.39, 0.29) is 5.91 Å². The fraction of sp³-hybridized carbons (Fsp3) is 0.381. The van der Waals surface area contributed by atoms with Crippen molar-refractivity contribution in [2.45, 2.75) is 20.0 Å². The summed E-state index contributed by atoms with van der Waals surface area (Å²) in [5.41, 5.74) is 1.99. The van der Waals surface area contributed by atoms with Gasteiger partial charge in [-0.05, 0) is 49.7 Å². The molecular weight excluding hydrogens is 364 g/mol. The Hall–Kier alpha value is -2.40. The largest absolute Gasteiger partial charge is 0.495 e. The van der Waals surface area contributed by atoms with E-state index < -0.39 is 6.10 Å². The van der Waals surface area contributed by atoms with Crippen molar-refractivity contribution < 1.29 is 14.3 Å². The molecule has 6 heteroatoms. The summed E-state index contributed by atoms with van der Waals surface area (Å²) in [6.07, 6.45) is -0.539. The SMILES string of the molecule is COc1ccccc1N1CCN(C(=O)[C@@H](C)Oc2ccc(Cl)c(C)c2)CC1. The lowest BCUT2D eigenvalue weighted by atomic mass is 10.2. The number of methoxy groups -OCH3 is 1. The van der Waals surface area contributed by atoms with Crippen LogP contribution in [0.2, 0.25) is 5.02 Å². The molecule has 1 fully saturated rings. The highest BCUT2D eigenvalue weighted by atomic mass is 35.5. The van der Waals surface area contributed by atoms with Gasteiger partial charge in [0.1, 0.15) is 11.5 Å². The predicted molar refractivity (Wildman–Crippen MR) is 108 cm³/mol. The van der Waals surface area contributed by atoms with Gasteiger partial charge in [-0.1, -0.05) is 23.7 Å². The lowest BCUT2D eigenvalue weighted by Crippen LogP contribution is -2.52. The summed E-state index contributed by atoms with van der Waals surface area (Å²) in [5, 5.41) is 0.689. The van der Waals surface area contributed by atoms with Crippen molar-refractivity contribution >= 4 is 23.2 Å². The molecule has 1 amide bonds. The van der Waals surface area contributed by atoms with Gasteiger partial charge in [-0.3, -0.25) is 4.79 Å². The van der Waals surface area contributed by atoms with E-state index in [0.29, 0.717) is 23.9 Å². The molecule has 0 radical (unpaired) electrons. The lowest BCUT2D eigenvalue weighted by molar-refractivity contribution is -0.138. The number of carbonyl (C=O) groups is 1. The number of halogens is 1. The third-order valence-electron chi connectivity index (χ3n) is 4.81. The molecular formula is C21H25ClN2O3. The van der Waals surface area contributed by atoms with E-state index in [2.05, 4.69) is 4.90 Å². The highest BCUT2D eigenvalue weighted by Crippen LogP contribution is 2.28. The molecule has 0 aromatic heterocycles. The Kier molecular flexibility index (Phi) is 6.11. The molecule has 2 aromatic carbocycles. The average molecular weight is 389 g/mol. The number of hydrogen-bond acceptors (Lipinski definition) is 4. The summed E-state index contributed by atoms with van der Waals surface area (Å²) in [6, 6.07) is 13.4. The quantitative estimate of drug-likeness (QED) is 0.781. The van der Waals surface area contributed by atoms with Gasteiger partial charge in [0, 0.05) is 31.2 Å². The van der Waals surface area contributed by atoms with E-state index in [0.717, 1.165) is 30.1 Å². The van der Waals surface area contributed by atoms with E-state index in [1.54, 1.807) is 26.2 Å². The van der Waals surface area contributed by atoms with Crippen LogP contribution in [0.4, 0.5) is 5.69 Å². The minimum absolute atomic E-state index is 0.00211. The maximum Gasteiger partial charge on any atom is 0.263 e. The molecule has 5 nitrogen and oxygen atoms in total. The number of anilines is 1. The van der Waals surface area contributed by atoms with Crippen LogP contribution in [0, 0.1) is 6.92 Å². The van der Waals surface area contributed by atoms with Crippen LogP contribution in [0.25, 0.3) is 0 Å². The van der Waals surface area contributed by atoms with Gasteiger partial charge in [-0.15, -0.1) is 0 Å². The number of nitrogens with zero attached hydrogens (tertiary/aromatic N) is 2. The van der Waals surface area contributed by atoms with Crippen LogP contribution in [0.15, 0.2) is 42.5 Å². The second-order valence-electron chi connectivity index (χ2n) is 6.66. The van der Waals surface area contributed by atoms with E-state index >= 15 is 0 Å². The van der Waals surface area contributed by atoms with Gasteiger partial charge in [0.25, 0.3) is 5.91 Å². The van der Waals surface area contributed by atoms with Crippen LogP contribution in [0.1, 0.15) is 12.5 Å². The van der Waals surface area contributed by atoms with Crippen LogP contribution in [0.3, 0.4) is 0 Å². The highest BCUT2D eigenvalue weighted by molar-refractivity contribution is 6.31. The molecule has 144 valence electrons. The molecule has 0 aliphatic carbocycles. The maximum atomic E-state index is 12.8. The second kappa shape index (κ2) is 8.53.